The number of likely N-dealkylation sites (N-methyl/N-ethyl adjacent to an activating group) is 1. The van der Waals surface area contributed by atoms with E-state index in [1.165, 1.54) is 0 Å². The number of carbonyl (C=O) groups is 1. The smallest absolute Gasteiger partial charge is 0.274 e. The van der Waals surface area contributed by atoms with Crippen LogP contribution in [0.3, 0.4) is 0 Å². The second-order valence-corrected chi connectivity index (χ2v) is 5.08. The van der Waals surface area contributed by atoms with Gasteiger partial charge in [0.05, 0.1) is 11.9 Å². The summed E-state index contributed by atoms with van der Waals surface area (Å²) in [4.78, 5) is 16.5. The average Bonchev–Trinajstić information content (AvgIpc) is 2.71. The highest BCUT2D eigenvalue weighted by atomic mass is 16.2. The van der Waals surface area contributed by atoms with Crippen LogP contribution in [0, 0.1) is 0 Å². The molecule has 1 fully saturated rings. The lowest BCUT2D eigenvalue weighted by Crippen LogP contribution is -2.47. The molecule has 0 atom stereocenters. The molecule has 0 spiro atoms. The lowest BCUT2D eigenvalue weighted by molar-refractivity contribution is 0.0651. The van der Waals surface area contributed by atoms with Gasteiger partial charge in [-0.15, -0.1) is 0 Å². The van der Waals surface area contributed by atoms with Gasteiger partial charge in [-0.05, 0) is 20.9 Å². The van der Waals surface area contributed by atoms with Crippen molar-refractivity contribution in [2.24, 2.45) is 0 Å². The Morgan fingerprint density at radius 2 is 1.94 bits per heavy atom. The number of rotatable bonds is 2. The third-order valence-electron chi connectivity index (χ3n) is 3.31. The van der Waals surface area contributed by atoms with Crippen molar-refractivity contribution in [1.82, 2.24) is 19.6 Å². The van der Waals surface area contributed by atoms with E-state index in [0.29, 0.717) is 11.4 Å². The van der Waals surface area contributed by atoms with Gasteiger partial charge in [-0.3, -0.25) is 9.48 Å². The minimum absolute atomic E-state index is 0.00759. The van der Waals surface area contributed by atoms with Crippen LogP contribution in [-0.2, 0) is 0 Å². The van der Waals surface area contributed by atoms with Crippen LogP contribution in [0.2, 0.25) is 0 Å². The fraction of sp³-hybridized carbons (Fsp3) is 0.667. The predicted octanol–water partition coefficient (Wildman–Crippen LogP) is 0.434. The largest absolute Gasteiger partial charge is 0.396 e. The number of nitrogens with two attached hydrogens (primary N) is 1. The van der Waals surface area contributed by atoms with Gasteiger partial charge in [-0.1, -0.05) is 0 Å². The summed E-state index contributed by atoms with van der Waals surface area (Å²) in [5.41, 5.74) is 6.86. The number of nitrogen functional groups attached to an aromatic ring is 1. The zero-order chi connectivity index (χ0) is 13.3. The lowest BCUT2D eigenvalue weighted by atomic mass is 10.2. The van der Waals surface area contributed by atoms with E-state index in [4.69, 9.17) is 5.73 Å². The van der Waals surface area contributed by atoms with E-state index in [9.17, 15) is 4.79 Å². The van der Waals surface area contributed by atoms with E-state index in [-0.39, 0.29) is 11.9 Å². The fourth-order valence-corrected chi connectivity index (χ4v) is 2.15. The van der Waals surface area contributed by atoms with Gasteiger partial charge in [0.15, 0.2) is 0 Å². The van der Waals surface area contributed by atoms with Crippen molar-refractivity contribution in [2.45, 2.75) is 19.9 Å². The minimum Gasteiger partial charge on any atom is -0.396 e. The molecule has 1 saturated heterocycles. The van der Waals surface area contributed by atoms with Gasteiger partial charge in [0.2, 0.25) is 0 Å². The standard InChI is InChI=1S/C12H21N5O/c1-9(2)17-11(10(13)8-14-17)12(18)16-6-4-15(3)5-7-16/h8-9H,4-7,13H2,1-3H3. The van der Waals surface area contributed by atoms with Crippen LogP contribution in [0.25, 0.3) is 0 Å². The van der Waals surface area contributed by atoms with Crippen molar-refractivity contribution in [3.05, 3.63) is 11.9 Å². The highest BCUT2D eigenvalue weighted by Crippen LogP contribution is 2.18. The molecule has 2 heterocycles. The van der Waals surface area contributed by atoms with Crippen molar-refractivity contribution in [2.75, 3.05) is 39.0 Å². The molecule has 1 amide bonds. The number of piperazine rings is 1. The molecule has 0 bridgehead atoms. The van der Waals surface area contributed by atoms with Gasteiger partial charge >= 0.3 is 0 Å². The van der Waals surface area contributed by atoms with E-state index >= 15 is 0 Å². The normalized spacial score (nSPS) is 17.4. The summed E-state index contributed by atoms with van der Waals surface area (Å²) in [7, 11) is 2.06. The van der Waals surface area contributed by atoms with Gasteiger partial charge in [0.1, 0.15) is 5.69 Å². The highest BCUT2D eigenvalue weighted by Gasteiger charge is 2.26. The number of hydrogen-bond donors (Lipinski definition) is 1. The predicted molar refractivity (Wildman–Crippen MR) is 70.4 cm³/mol. The molecule has 1 aliphatic heterocycles. The summed E-state index contributed by atoms with van der Waals surface area (Å²) >= 11 is 0. The van der Waals surface area contributed by atoms with E-state index in [2.05, 4.69) is 17.0 Å². The third-order valence-corrected chi connectivity index (χ3v) is 3.31. The Morgan fingerprint density at radius 3 is 2.50 bits per heavy atom. The summed E-state index contributed by atoms with van der Waals surface area (Å²) in [6.45, 7) is 7.29. The molecule has 18 heavy (non-hydrogen) atoms. The second-order valence-electron chi connectivity index (χ2n) is 5.08. The van der Waals surface area contributed by atoms with E-state index in [1.54, 1.807) is 10.9 Å². The second kappa shape index (κ2) is 4.97. The Morgan fingerprint density at radius 1 is 1.33 bits per heavy atom. The average molecular weight is 251 g/mol. The molecule has 1 aromatic heterocycles. The zero-order valence-corrected chi connectivity index (χ0v) is 11.3. The molecule has 1 aromatic rings. The molecular weight excluding hydrogens is 230 g/mol. The molecule has 6 heteroatoms. The molecule has 100 valence electrons. The lowest BCUT2D eigenvalue weighted by Gasteiger charge is -2.32. The van der Waals surface area contributed by atoms with Crippen LogP contribution >= 0.6 is 0 Å². The van der Waals surface area contributed by atoms with E-state index < -0.39 is 0 Å². The zero-order valence-electron chi connectivity index (χ0n) is 11.3. The molecule has 0 saturated carbocycles. The van der Waals surface area contributed by atoms with Crippen LogP contribution < -0.4 is 5.73 Å². The maximum absolute atomic E-state index is 12.5. The number of nitrogens with zero attached hydrogens (tertiary/aromatic N) is 4. The van der Waals surface area contributed by atoms with Crippen LogP contribution in [-0.4, -0.2) is 58.7 Å². The van der Waals surface area contributed by atoms with Crippen LogP contribution in [0.4, 0.5) is 5.69 Å². The number of aromatic nitrogens is 2. The SMILES string of the molecule is CC(C)n1ncc(N)c1C(=O)N1CCN(C)CC1. The number of amides is 1. The van der Waals surface area contributed by atoms with Gasteiger partial charge in [-0.25, -0.2) is 0 Å². The van der Waals surface area contributed by atoms with Crippen molar-refractivity contribution < 1.29 is 4.79 Å². The highest BCUT2D eigenvalue weighted by molar-refractivity contribution is 5.97. The Hall–Kier alpha value is -1.56. The maximum Gasteiger partial charge on any atom is 0.274 e. The summed E-state index contributed by atoms with van der Waals surface area (Å²) in [5, 5.41) is 4.18. The quantitative estimate of drug-likeness (QED) is 0.828. The number of hydrogen-bond acceptors (Lipinski definition) is 4. The van der Waals surface area contributed by atoms with Crippen molar-refractivity contribution in [1.29, 1.82) is 0 Å². The van der Waals surface area contributed by atoms with Gasteiger partial charge < -0.3 is 15.5 Å². The molecule has 2 rings (SSSR count). The Balaban J connectivity index is 2.21. The van der Waals surface area contributed by atoms with E-state index in [1.807, 2.05) is 18.7 Å². The first-order chi connectivity index (χ1) is 8.50. The first kappa shape index (κ1) is 12.9. The van der Waals surface area contributed by atoms with Gasteiger partial charge in [-0.2, -0.15) is 5.10 Å². The minimum atomic E-state index is -0.00759. The first-order valence-electron chi connectivity index (χ1n) is 6.31. The molecule has 2 N–H and O–H groups in total. The molecule has 1 aliphatic rings. The fourth-order valence-electron chi connectivity index (χ4n) is 2.15. The Kier molecular flexibility index (Phi) is 3.56. The third kappa shape index (κ3) is 2.33. The Bertz CT molecular complexity index is 432. The van der Waals surface area contributed by atoms with Gasteiger partial charge in [0, 0.05) is 32.2 Å². The molecule has 6 nitrogen and oxygen atoms in total. The van der Waals surface area contributed by atoms with Crippen molar-refractivity contribution in [3.63, 3.8) is 0 Å². The van der Waals surface area contributed by atoms with E-state index in [0.717, 1.165) is 26.2 Å². The number of carbonyl (C=O) groups excluding carboxylic acids is 1. The molecule has 0 aliphatic carbocycles. The van der Waals surface area contributed by atoms with Crippen molar-refractivity contribution >= 4 is 11.6 Å². The first-order valence-corrected chi connectivity index (χ1v) is 6.31. The monoisotopic (exact) mass is 251 g/mol. The van der Waals surface area contributed by atoms with Crippen LogP contribution in [0.5, 0.6) is 0 Å². The number of anilines is 1. The summed E-state index contributed by atoms with van der Waals surface area (Å²) in [5.74, 6) is -0.00759. The molecular formula is C12H21N5O. The topological polar surface area (TPSA) is 67.4 Å². The van der Waals surface area contributed by atoms with Gasteiger partial charge in [0.25, 0.3) is 5.91 Å². The maximum atomic E-state index is 12.5. The summed E-state index contributed by atoms with van der Waals surface area (Å²) in [6, 6.07) is 0.133. The Labute approximate surface area is 107 Å². The molecule has 0 radical (unpaired) electrons. The molecule has 0 aromatic carbocycles. The summed E-state index contributed by atoms with van der Waals surface area (Å²) in [6.07, 6.45) is 1.56. The van der Waals surface area contributed by atoms with Crippen LogP contribution in [0.1, 0.15) is 30.4 Å². The molecule has 0 unspecified atom stereocenters. The van der Waals surface area contributed by atoms with Crippen molar-refractivity contribution in [3.8, 4) is 0 Å². The van der Waals surface area contributed by atoms with Crippen LogP contribution in [0.15, 0.2) is 6.20 Å². The summed E-state index contributed by atoms with van der Waals surface area (Å²) < 4.78 is 1.70.